The summed E-state index contributed by atoms with van der Waals surface area (Å²) in [5, 5.41) is 6.27. The van der Waals surface area contributed by atoms with Gasteiger partial charge in [0.05, 0.1) is 12.6 Å². The van der Waals surface area contributed by atoms with E-state index in [2.05, 4.69) is 28.8 Å². The topological polar surface area (TPSA) is 50.4 Å². The van der Waals surface area contributed by atoms with Gasteiger partial charge in [-0.25, -0.2) is 0 Å². The van der Waals surface area contributed by atoms with E-state index in [0.29, 0.717) is 13.2 Å². The van der Waals surface area contributed by atoms with Crippen molar-refractivity contribution in [1.82, 2.24) is 10.6 Å². The Bertz CT molecular complexity index is 441. The fraction of sp³-hybridized carbons (Fsp3) is 0.500. The van der Waals surface area contributed by atoms with Gasteiger partial charge in [-0.3, -0.25) is 4.79 Å². The molecule has 1 amide bonds. The number of amides is 1. The second kappa shape index (κ2) is 5.08. The number of hydrogen-bond acceptors (Lipinski definition) is 3. The van der Waals surface area contributed by atoms with Crippen LogP contribution in [0.15, 0.2) is 24.3 Å². The van der Waals surface area contributed by atoms with E-state index in [1.54, 1.807) is 0 Å². The zero-order valence-corrected chi connectivity index (χ0v) is 10.3. The number of ether oxygens (including phenoxy) is 1. The maximum atomic E-state index is 12.1. The molecule has 18 heavy (non-hydrogen) atoms. The fourth-order valence-corrected chi connectivity index (χ4v) is 2.71. The second-order valence-corrected chi connectivity index (χ2v) is 4.86. The lowest BCUT2D eigenvalue weighted by atomic mass is 10.1. The van der Waals surface area contributed by atoms with Crippen LogP contribution in [0.3, 0.4) is 0 Å². The maximum absolute atomic E-state index is 12.1. The Balaban J connectivity index is 1.65. The van der Waals surface area contributed by atoms with Crippen LogP contribution >= 0.6 is 0 Å². The molecule has 0 radical (unpaired) electrons. The number of morpholine rings is 1. The van der Waals surface area contributed by atoms with Crippen molar-refractivity contribution in [2.75, 3.05) is 19.7 Å². The number of fused-ring (bicyclic) bond motifs is 1. The van der Waals surface area contributed by atoms with Crippen LogP contribution in [-0.2, 0) is 16.0 Å². The van der Waals surface area contributed by atoms with Gasteiger partial charge in [-0.15, -0.1) is 0 Å². The minimum absolute atomic E-state index is 0.00361. The molecule has 1 aliphatic carbocycles. The standard InChI is InChI=1S/C14H18N2O2/c17-14(13-9-15-7-8-18-13)16-12-6-5-10-3-1-2-4-11(10)12/h1-4,12-13,15H,5-9H2,(H,16,17). The highest BCUT2D eigenvalue weighted by Gasteiger charge is 2.28. The quantitative estimate of drug-likeness (QED) is 0.810. The summed E-state index contributed by atoms with van der Waals surface area (Å²) in [6.07, 6.45) is 1.70. The molecule has 4 nitrogen and oxygen atoms in total. The van der Waals surface area contributed by atoms with Crippen molar-refractivity contribution in [3.63, 3.8) is 0 Å². The number of hydrogen-bond donors (Lipinski definition) is 2. The molecule has 3 rings (SSSR count). The zero-order valence-electron chi connectivity index (χ0n) is 10.3. The molecule has 1 saturated heterocycles. The lowest BCUT2D eigenvalue weighted by molar-refractivity contribution is -0.135. The highest BCUT2D eigenvalue weighted by Crippen LogP contribution is 2.30. The molecule has 0 saturated carbocycles. The van der Waals surface area contributed by atoms with Crippen LogP contribution in [0, 0.1) is 0 Å². The molecule has 2 unspecified atom stereocenters. The molecule has 96 valence electrons. The molecule has 1 fully saturated rings. The first-order valence-electron chi connectivity index (χ1n) is 6.55. The van der Waals surface area contributed by atoms with E-state index in [-0.39, 0.29) is 18.1 Å². The molecule has 2 aliphatic rings. The molecule has 4 heteroatoms. The van der Waals surface area contributed by atoms with Crippen molar-refractivity contribution in [3.05, 3.63) is 35.4 Å². The molecule has 0 aromatic heterocycles. The largest absolute Gasteiger partial charge is 0.366 e. The SMILES string of the molecule is O=C(NC1CCc2ccccc21)C1CNCCO1. The monoisotopic (exact) mass is 246 g/mol. The van der Waals surface area contributed by atoms with E-state index in [9.17, 15) is 4.79 Å². The Hall–Kier alpha value is -1.39. The van der Waals surface area contributed by atoms with Crippen LogP contribution in [0.2, 0.25) is 0 Å². The molecule has 1 aromatic rings. The van der Waals surface area contributed by atoms with Crippen molar-refractivity contribution in [1.29, 1.82) is 0 Å². The minimum Gasteiger partial charge on any atom is -0.366 e. The summed E-state index contributed by atoms with van der Waals surface area (Å²) in [5.74, 6) is 0.00361. The summed E-state index contributed by atoms with van der Waals surface area (Å²) >= 11 is 0. The van der Waals surface area contributed by atoms with Crippen molar-refractivity contribution in [3.8, 4) is 0 Å². The van der Waals surface area contributed by atoms with Gasteiger partial charge >= 0.3 is 0 Å². The molecular formula is C14H18N2O2. The van der Waals surface area contributed by atoms with Gasteiger partial charge in [0.2, 0.25) is 0 Å². The van der Waals surface area contributed by atoms with Gasteiger partial charge in [0.25, 0.3) is 5.91 Å². The highest BCUT2D eigenvalue weighted by molar-refractivity contribution is 5.81. The van der Waals surface area contributed by atoms with Gasteiger partial charge in [-0.1, -0.05) is 24.3 Å². The molecule has 1 aliphatic heterocycles. The van der Waals surface area contributed by atoms with Crippen LogP contribution in [0.25, 0.3) is 0 Å². The number of carbonyl (C=O) groups excluding carboxylic acids is 1. The van der Waals surface area contributed by atoms with Gasteiger partial charge in [0, 0.05) is 13.1 Å². The van der Waals surface area contributed by atoms with Crippen molar-refractivity contribution < 1.29 is 9.53 Å². The molecule has 0 bridgehead atoms. The first-order chi connectivity index (χ1) is 8.84. The van der Waals surface area contributed by atoms with Gasteiger partial charge in [0.15, 0.2) is 0 Å². The molecule has 2 N–H and O–H groups in total. The summed E-state index contributed by atoms with van der Waals surface area (Å²) in [6, 6.07) is 8.48. The molecule has 0 spiro atoms. The predicted octanol–water partition coefficient (Wildman–Crippen LogP) is 0.778. The third kappa shape index (κ3) is 2.26. The first-order valence-corrected chi connectivity index (χ1v) is 6.55. The van der Waals surface area contributed by atoms with E-state index in [1.165, 1.54) is 11.1 Å². The van der Waals surface area contributed by atoms with Crippen molar-refractivity contribution in [2.24, 2.45) is 0 Å². The summed E-state index contributed by atoms with van der Waals surface area (Å²) in [4.78, 5) is 12.1. The van der Waals surface area contributed by atoms with Gasteiger partial charge in [-0.2, -0.15) is 0 Å². The second-order valence-electron chi connectivity index (χ2n) is 4.86. The van der Waals surface area contributed by atoms with E-state index in [1.807, 2.05) is 6.07 Å². The number of benzene rings is 1. The van der Waals surface area contributed by atoms with Crippen LogP contribution < -0.4 is 10.6 Å². The Labute approximate surface area is 107 Å². The van der Waals surface area contributed by atoms with Crippen LogP contribution in [0.5, 0.6) is 0 Å². The van der Waals surface area contributed by atoms with Crippen LogP contribution in [0.1, 0.15) is 23.6 Å². The first kappa shape index (κ1) is 11.7. The van der Waals surface area contributed by atoms with E-state index in [0.717, 1.165) is 19.4 Å². The van der Waals surface area contributed by atoms with E-state index in [4.69, 9.17) is 4.74 Å². The number of nitrogens with one attached hydrogen (secondary N) is 2. The third-order valence-electron chi connectivity index (χ3n) is 3.67. The number of carbonyl (C=O) groups is 1. The zero-order chi connectivity index (χ0) is 12.4. The van der Waals surface area contributed by atoms with Gasteiger partial charge in [0.1, 0.15) is 6.10 Å². The van der Waals surface area contributed by atoms with Gasteiger partial charge in [-0.05, 0) is 24.0 Å². The summed E-state index contributed by atoms with van der Waals surface area (Å²) < 4.78 is 5.46. The fourth-order valence-electron chi connectivity index (χ4n) is 2.71. The van der Waals surface area contributed by atoms with E-state index < -0.39 is 0 Å². The molecule has 2 atom stereocenters. The minimum atomic E-state index is -0.341. The lowest BCUT2D eigenvalue weighted by Crippen LogP contribution is -2.48. The Kier molecular flexibility index (Phi) is 3.30. The van der Waals surface area contributed by atoms with Crippen molar-refractivity contribution >= 4 is 5.91 Å². The Morgan fingerprint density at radius 3 is 3.11 bits per heavy atom. The van der Waals surface area contributed by atoms with Gasteiger partial charge < -0.3 is 15.4 Å². The Morgan fingerprint density at radius 1 is 1.39 bits per heavy atom. The number of rotatable bonds is 2. The lowest BCUT2D eigenvalue weighted by Gasteiger charge is -2.24. The smallest absolute Gasteiger partial charge is 0.250 e. The third-order valence-corrected chi connectivity index (χ3v) is 3.67. The van der Waals surface area contributed by atoms with Crippen LogP contribution in [0.4, 0.5) is 0 Å². The van der Waals surface area contributed by atoms with Crippen molar-refractivity contribution in [2.45, 2.75) is 25.0 Å². The van der Waals surface area contributed by atoms with Crippen LogP contribution in [-0.4, -0.2) is 31.7 Å². The Morgan fingerprint density at radius 2 is 2.28 bits per heavy atom. The molecule has 1 heterocycles. The van der Waals surface area contributed by atoms with E-state index >= 15 is 0 Å². The average molecular weight is 246 g/mol. The maximum Gasteiger partial charge on any atom is 0.250 e. The summed E-state index contributed by atoms with van der Waals surface area (Å²) in [5.41, 5.74) is 2.61. The summed E-state index contributed by atoms with van der Waals surface area (Å²) in [7, 11) is 0. The molecular weight excluding hydrogens is 228 g/mol. The predicted molar refractivity (Wildman–Crippen MR) is 68.3 cm³/mol. The average Bonchev–Trinajstić information content (AvgIpc) is 2.83. The summed E-state index contributed by atoms with van der Waals surface area (Å²) in [6.45, 7) is 2.05. The number of aryl methyl sites for hydroxylation is 1. The highest BCUT2D eigenvalue weighted by atomic mass is 16.5. The normalized spacial score (nSPS) is 26.7. The molecule has 1 aromatic carbocycles.